The maximum Gasteiger partial charge on any atom is 0.147 e. The fourth-order valence-corrected chi connectivity index (χ4v) is 8.98. The molecule has 1 aliphatic heterocycles. The van der Waals surface area contributed by atoms with Gasteiger partial charge in [0.05, 0.1) is 5.56 Å². The molecule has 0 unspecified atom stereocenters. The zero-order valence-corrected chi connectivity index (χ0v) is 18.0. The number of hydrogen-bond acceptors (Lipinski definition) is 0. The van der Waals surface area contributed by atoms with Gasteiger partial charge in [-0.2, -0.15) is 0 Å². The first-order valence-corrected chi connectivity index (χ1v) is 13.4. The summed E-state index contributed by atoms with van der Waals surface area (Å²) in [6.45, 7) is 2.30. The van der Waals surface area contributed by atoms with Crippen LogP contribution in [-0.2, 0) is 0 Å². The van der Waals surface area contributed by atoms with Gasteiger partial charge < -0.3 is 0 Å². The minimum atomic E-state index is -1.07. The molecular formula is C22H30ClF3Si. The number of benzene rings is 1. The van der Waals surface area contributed by atoms with Crippen LogP contribution in [0, 0.1) is 23.5 Å². The van der Waals surface area contributed by atoms with Crippen LogP contribution in [-0.4, -0.2) is 8.80 Å². The summed E-state index contributed by atoms with van der Waals surface area (Å²) in [6, 6.07) is 7.12. The van der Waals surface area contributed by atoms with E-state index in [1.54, 1.807) is 0 Å². The zero-order valence-electron chi connectivity index (χ0n) is 16.1. The molecule has 2 fully saturated rings. The SMILES string of the molecule is CCC[SiH]1CCC(C2CCC(c3cc(F)c(C(F)=CCl)c(F)c3)CC2)CC1. The average molecular weight is 415 g/mol. The molecule has 5 heteroatoms. The minimum Gasteiger partial charge on any atom is -0.206 e. The van der Waals surface area contributed by atoms with Crippen LogP contribution in [0.5, 0.6) is 0 Å². The van der Waals surface area contributed by atoms with Gasteiger partial charge in [0.15, 0.2) is 0 Å². The lowest BCUT2D eigenvalue weighted by Crippen LogP contribution is -2.28. The van der Waals surface area contributed by atoms with Crippen LogP contribution in [0.15, 0.2) is 17.7 Å². The van der Waals surface area contributed by atoms with Crippen LogP contribution < -0.4 is 0 Å². The molecule has 0 radical (unpaired) electrons. The number of hydrogen-bond donors (Lipinski definition) is 0. The van der Waals surface area contributed by atoms with Gasteiger partial charge in [-0.3, -0.25) is 0 Å². The molecule has 1 aromatic rings. The van der Waals surface area contributed by atoms with Gasteiger partial charge in [-0.05, 0) is 61.1 Å². The summed E-state index contributed by atoms with van der Waals surface area (Å²) in [5.41, 5.74) is 0.578. The quantitative estimate of drug-likeness (QED) is 0.431. The first kappa shape index (κ1) is 21.0. The Bertz CT molecular complexity index is 637. The molecular weight excluding hydrogens is 385 g/mol. The second-order valence-electron chi connectivity index (χ2n) is 8.50. The van der Waals surface area contributed by atoms with Gasteiger partial charge in [0.25, 0.3) is 0 Å². The largest absolute Gasteiger partial charge is 0.206 e. The van der Waals surface area contributed by atoms with Crippen molar-refractivity contribution < 1.29 is 13.2 Å². The number of halogens is 4. The molecule has 1 saturated carbocycles. The topological polar surface area (TPSA) is 0 Å². The van der Waals surface area contributed by atoms with Crippen LogP contribution >= 0.6 is 11.6 Å². The molecule has 3 rings (SSSR count). The van der Waals surface area contributed by atoms with E-state index >= 15 is 0 Å². The molecule has 1 aromatic carbocycles. The molecule has 0 bridgehead atoms. The fourth-order valence-electron chi connectivity index (χ4n) is 5.39. The third kappa shape index (κ3) is 5.00. The van der Waals surface area contributed by atoms with E-state index in [1.807, 2.05) is 0 Å². The van der Waals surface area contributed by atoms with Crippen molar-refractivity contribution in [3.8, 4) is 0 Å². The molecule has 27 heavy (non-hydrogen) atoms. The predicted molar refractivity (Wildman–Crippen MR) is 111 cm³/mol. The summed E-state index contributed by atoms with van der Waals surface area (Å²) in [6.07, 6.45) is 8.42. The first-order chi connectivity index (χ1) is 13.0. The molecule has 1 aliphatic carbocycles. The van der Waals surface area contributed by atoms with Crippen LogP contribution in [0.25, 0.3) is 5.83 Å². The summed E-state index contributed by atoms with van der Waals surface area (Å²) < 4.78 is 41.9. The predicted octanol–water partition coefficient (Wildman–Crippen LogP) is 7.79. The van der Waals surface area contributed by atoms with Gasteiger partial charge in [0.1, 0.15) is 17.5 Å². The second-order valence-corrected chi connectivity index (χ2v) is 12.2. The molecule has 2 aliphatic rings. The minimum absolute atomic E-state index is 0.174. The van der Waals surface area contributed by atoms with Gasteiger partial charge >= 0.3 is 0 Å². The van der Waals surface area contributed by atoms with E-state index in [0.29, 0.717) is 11.1 Å². The normalized spacial score (nSPS) is 29.7. The molecule has 0 aromatic heterocycles. The molecule has 1 saturated heterocycles. The van der Waals surface area contributed by atoms with Crippen LogP contribution in [0.2, 0.25) is 18.1 Å². The lowest BCUT2D eigenvalue weighted by Gasteiger charge is -2.37. The van der Waals surface area contributed by atoms with Crippen molar-refractivity contribution in [1.82, 2.24) is 0 Å². The summed E-state index contributed by atoms with van der Waals surface area (Å²) in [5, 5.41) is 0. The van der Waals surface area contributed by atoms with Crippen molar-refractivity contribution in [3.63, 3.8) is 0 Å². The van der Waals surface area contributed by atoms with Crippen molar-refractivity contribution >= 4 is 26.2 Å². The van der Waals surface area contributed by atoms with Crippen LogP contribution in [0.1, 0.15) is 68.9 Å². The zero-order chi connectivity index (χ0) is 19.4. The Morgan fingerprint density at radius 2 is 1.59 bits per heavy atom. The highest BCUT2D eigenvalue weighted by molar-refractivity contribution is 6.58. The Balaban J connectivity index is 1.58. The van der Waals surface area contributed by atoms with Gasteiger partial charge in [-0.15, -0.1) is 0 Å². The molecule has 0 N–H and O–H groups in total. The summed E-state index contributed by atoms with van der Waals surface area (Å²) in [4.78, 5) is 0. The average Bonchev–Trinajstić information content (AvgIpc) is 2.68. The van der Waals surface area contributed by atoms with Gasteiger partial charge in [-0.25, -0.2) is 13.2 Å². The molecule has 1 heterocycles. The lowest BCUT2D eigenvalue weighted by atomic mass is 9.72. The Kier molecular flexibility index (Phi) is 7.49. The lowest BCUT2D eigenvalue weighted by molar-refractivity contribution is 0.216. The van der Waals surface area contributed by atoms with Crippen molar-refractivity contribution in [2.75, 3.05) is 0 Å². The Morgan fingerprint density at radius 3 is 2.11 bits per heavy atom. The monoisotopic (exact) mass is 414 g/mol. The van der Waals surface area contributed by atoms with E-state index in [1.165, 1.54) is 49.5 Å². The molecule has 0 spiro atoms. The van der Waals surface area contributed by atoms with Crippen molar-refractivity contribution in [3.05, 3.63) is 40.4 Å². The third-order valence-corrected chi connectivity index (χ3v) is 10.8. The first-order valence-electron chi connectivity index (χ1n) is 10.5. The summed E-state index contributed by atoms with van der Waals surface area (Å²) in [5.74, 6) is -0.965. The molecule has 0 amide bonds. The summed E-state index contributed by atoms with van der Waals surface area (Å²) in [7, 11) is -0.436. The third-order valence-electron chi connectivity index (χ3n) is 6.90. The molecule has 0 nitrogen and oxygen atoms in total. The van der Waals surface area contributed by atoms with E-state index in [-0.39, 0.29) is 5.92 Å². The summed E-state index contributed by atoms with van der Waals surface area (Å²) >= 11 is 5.27. The standard InChI is InChI=1S/C22H30ClF3Si/c1-2-9-27-10-7-17(8-11-27)15-3-5-16(6-4-15)18-12-19(24)22(20(25)13-18)21(26)14-23/h12-17,27H,2-11H2,1H3. The van der Waals surface area contributed by atoms with Crippen molar-refractivity contribution in [2.45, 2.75) is 75.9 Å². The van der Waals surface area contributed by atoms with E-state index in [4.69, 9.17) is 11.6 Å². The van der Waals surface area contributed by atoms with Crippen LogP contribution in [0.4, 0.5) is 13.2 Å². The van der Waals surface area contributed by atoms with E-state index in [2.05, 4.69) is 6.92 Å². The fraction of sp³-hybridized carbons (Fsp3) is 0.636. The molecule has 0 atom stereocenters. The smallest absolute Gasteiger partial charge is 0.147 e. The van der Waals surface area contributed by atoms with Gasteiger partial charge in [0.2, 0.25) is 0 Å². The number of rotatable bonds is 5. The van der Waals surface area contributed by atoms with Crippen molar-refractivity contribution in [2.24, 2.45) is 11.8 Å². The Hall–Kier alpha value is -0.743. The van der Waals surface area contributed by atoms with Crippen LogP contribution in [0.3, 0.4) is 0 Å². The molecule has 150 valence electrons. The Labute approximate surface area is 167 Å². The highest BCUT2D eigenvalue weighted by Crippen LogP contribution is 2.44. The van der Waals surface area contributed by atoms with E-state index in [0.717, 1.165) is 37.5 Å². The Morgan fingerprint density at radius 1 is 1.04 bits per heavy atom. The van der Waals surface area contributed by atoms with Gasteiger partial charge in [0, 0.05) is 14.3 Å². The van der Waals surface area contributed by atoms with E-state index < -0.39 is 31.8 Å². The maximum atomic E-state index is 14.2. The van der Waals surface area contributed by atoms with Crippen molar-refractivity contribution in [1.29, 1.82) is 0 Å². The highest BCUT2D eigenvalue weighted by Gasteiger charge is 2.32. The maximum absolute atomic E-state index is 14.2. The van der Waals surface area contributed by atoms with E-state index in [9.17, 15) is 13.2 Å². The van der Waals surface area contributed by atoms with Gasteiger partial charge in [-0.1, -0.05) is 55.9 Å². The second kappa shape index (κ2) is 9.64. The highest BCUT2D eigenvalue weighted by atomic mass is 35.5.